The summed E-state index contributed by atoms with van der Waals surface area (Å²) in [6, 6.07) is 17.1. The van der Waals surface area contributed by atoms with Crippen molar-refractivity contribution >= 4 is 16.9 Å². The molecule has 3 aromatic rings. The zero-order chi connectivity index (χ0) is 20.2. The fourth-order valence-corrected chi connectivity index (χ4v) is 3.63. The van der Waals surface area contributed by atoms with Gasteiger partial charge in [0.15, 0.2) is 0 Å². The van der Waals surface area contributed by atoms with E-state index in [4.69, 9.17) is 9.15 Å². The number of carbonyl (C=O) groups excluding carboxylic acids is 1. The molecular weight excluding hydrogens is 368 g/mol. The minimum Gasteiger partial charge on any atom is -0.494 e. The number of ether oxygens (including phenoxy) is 1. The average Bonchev–Trinajstić information content (AvgIpc) is 2.74. The molecule has 0 atom stereocenters. The molecule has 6 nitrogen and oxygen atoms in total. The van der Waals surface area contributed by atoms with Crippen molar-refractivity contribution in [3.8, 4) is 5.75 Å². The fraction of sp³-hybridized carbons (Fsp3) is 0.304. The van der Waals surface area contributed by atoms with Crippen molar-refractivity contribution in [3.05, 3.63) is 76.1 Å². The van der Waals surface area contributed by atoms with Crippen LogP contribution in [0.5, 0.6) is 5.75 Å². The number of fused-ring (bicyclic) bond motifs is 1. The van der Waals surface area contributed by atoms with Gasteiger partial charge in [0, 0.05) is 38.1 Å². The molecule has 0 saturated carbocycles. The SMILES string of the molecule is CCOc1ccc2oc(=O)c(C(=O)N3CCN(Cc4ccccc4)CC3)cc2c1. The molecule has 29 heavy (non-hydrogen) atoms. The lowest BCUT2D eigenvalue weighted by Crippen LogP contribution is -2.49. The lowest BCUT2D eigenvalue weighted by Gasteiger charge is -2.34. The third-order valence-electron chi connectivity index (χ3n) is 5.15. The Bertz CT molecular complexity index is 1050. The standard InChI is InChI=1S/C23H24N2O4/c1-2-28-19-8-9-21-18(14-19)15-20(23(27)29-21)22(26)25-12-10-24(11-13-25)16-17-6-4-3-5-7-17/h3-9,14-15H,2,10-13,16H2,1H3. The fourth-order valence-electron chi connectivity index (χ4n) is 3.63. The van der Waals surface area contributed by atoms with Crippen LogP contribution in [0.15, 0.2) is 63.8 Å². The van der Waals surface area contributed by atoms with E-state index in [1.54, 1.807) is 29.2 Å². The molecule has 0 radical (unpaired) electrons. The maximum absolute atomic E-state index is 13.0. The minimum absolute atomic E-state index is 0.0719. The van der Waals surface area contributed by atoms with Crippen LogP contribution in [0.1, 0.15) is 22.8 Å². The quantitative estimate of drug-likeness (QED) is 0.624. The van der Waals surface area contributed by atoms with Gasteiger partial charge in [-0.05, 0) is 36.8 Å². The van der Waals surface area contributed by atoms with Gasteiger partial charge in [0.25, 0.3) is 5.91 Å². The molecule has 2 aromatic carbocycles. The predicted octanol–water partition coefficient (Wildman–Crippen LogP) is 3.15. The summed E-state index contributed by atoms with van der Waals surface area (Å²) in [5.41, 5.74) is 1.18. The van der Waals surface area contributed by atoms with Crippen molar-refractivity contribution in [3.63, 3.8) is 0 Å². The lowest BCUT2D eigenvalue weighted by atomic mass is 10.1. The second kappa shape index (κ2) is 8.49. The van der Waals surface area contributed by atoms with Crippen LogP contribution in [0.4, 0.5) is 0 Å². The molecule has 0 spiro atoms. The molecule has 0 bridgehead atoms. The highest BCUT2D eigenvalue weighted by molar-refractivity contribution is 5.96. The first-order valence-electron chi connectivity index (χ1n) is 9.90. The Balaban J connectivity index is 1.47. The summed E-state index contributed by atoms with van der Waals surface area (Å²) in [7, 11) is 0. The van der Waals surface area contributed by atoms with Crippen LogP contribution in [-0.4, -0.2) is 48.5 Å². The molecule has 4 rings (SSSR count). The second-order valence-electron chi connectivity index (χ2n) is 7.13. The van der Waals surface area contributed by atoms with Crippen LogP contribution in [-0.2, 0) is 6.54 Å². The van der Waals surface area contributed by atoms with Gasteiger partial charge in [0.05, 0.1) is 6.61 Å². The molecular formula is C23H24N2O4. The van der Waals surface area contributed by atoms with E-state index < -0.39 is 5.63 Å². The molecule has 1 fully saturated rings. The van der Waals surface area contributed by atoms with Crippen LogP contribution in [0.25, 0.3) is 11.0 Å². The van der Waals surface area contributed by atoms with Gasteiger partial charge in [-0.15, -0.1) is 0 Å². The summed E-state index contributed by atoms with van der Waals surface area (Å²) in [6.07, 6.45) is 0. The molecule has 1 aromatic heterocycles. The van der Waals surface area contributed by atoms with Gasteiger partial charge in [-0.1, -0.05) is 30.3 Å². The minimum atomic E-state index is -0.599. The van der Waals surface area contributed by atoms with Crippen molar-refractivity contribution in [2.24, 2.45) is 0 Å². The van der Waals surface area contributed by atoms with Gasteiger partial charge in [-0.2, -0.15) is 0 Å². The highest BCUT2D eigenvalue weighted by Crippen LogP contribution is 2.21. The average molecular weight is 392 g/mol. The van der Waals surface area contributed by atoms with Crippen molar-refractivity contribution in [2.75, 3.05) is 32.8 Å². The van der Waals surface area contributed by atoms with Crippen molar-refractivity contribution in [2.45, 2.75) is 13.5 Å². The number of benzene rings is 2. The number of hydrogen-bond acceptors (Lipinski definition) is 5. The van der Waals surface area contributed by atoms with Crippen LogP contribution in [0, 0.1) is 0 Å². The van der Waals surface area contributed by atoms with E-state index in [0.717, 1.165) is 19.6 Å². The number of nitrogens with zero attached hydrogens (tertiary/aromatic N) is 2. The monoisotopic (exact) mass is 392 g/mol. The molecule has 0 unspecified atom stereocenters. The summed E-state index contributed by atoms with van der Waals surface area (Å²) < 4.78 is 10.9. The Kier molecular flexibility index (Phi) is 5.62. The maximum atomic E-state index is 13.0. The Morgan fingerprint density at radius 3 is 2.52 bits per heavy atom. The molecule has 1 aliphatic rings. The molecule has 1 saturated heterocycles. The number of amides is 1. The Morgan fingerprint density at radius 1 is 1.03 bits per heavy atom. The summed E-state index contributed by atoms with van der Waals surface area (Å²) in [5, 5.41) is 0.682. The number of rotatable bonds is 5. The van der Waals surface area contributed by atoms with Gasteiger partial charge in [-0.3, -0.25) is 9.69 Å². The molecule has 6 heteroatoms. The topological polar surface area (TPSA) is 63.0 Å². The van der Waals surface area contributed by atoms with Gasteiger partial charge in [0.2, 0.25) is 0 Å². The number of carbonyl (C=O) groups is 1. The molecule has 2 heterocycles. The van der Waals surface area contributed by atoms with Crippen LogP contribution in [0.3, 0.4) is 0 Å². The maximum Gasteiger partial charge on any atom is 0.349 e. The second-order valence-corrected chi connectivity index (χ2v) is 7.13. The Labute approximate surface area is 169 Å². The zero-order valence-electron chi connectivity index (χ0n) is 16.5. The van der Waals surface area contributed by atoms with E-state index >= 15 is 0 Å². The van der Waals surface area contributed by atoms with Crippen LogP contribution in [0.2, 0.25) is 0 Å². The predicted molar refractivity (Wildman–Crippen MR) is 111 cm³/mol. The van der Waals surface area contributed by atoms with E-state index in [9.17, 15) is 9.59 Å². The zero-order valence-corrected chi connectivity index (χ0v) is 16.5. The van der Waals surface area contributed by atoms with Crippen molar-refractivity contribution in [1.82, 2.24) is 9.80 Å². The molecule has 150 valence electrons. The van der Waals surface area contributed by atoms with Gasteiger partial charge >= 0.3 is 5.63 Å². The largest absolute Gasteiger partial charge is 0.494 e. The van der Waals surface area contributed by atoms with E-state index in [0.29, 0.717) is 36.4 Å². The van der Waals surface area contributed by atoms with Crippen LogP contribution >= 0.6 is 0 Å². The van der Waals surface area contributed by atoms with E-state index in [1.165, 1.54) is 5.56 Å². The number of piperazine rings is 1. The molecule has 0 aliphatic carbocycles. The van der Waals surface area contributed by atoms with Crippen LogP contribution < -0.4 is 10.4 Å². The summed E-state index contributed by atoms with van der Waals surface area (Å²) in [5.74, 6) is 0.406. The molecule has 0 N–H and O–H groups in total. The first-order valence-corrected chi connectivity index (χ1v) is 9.90. The van der Waals surface area contributed by atoms with E-state index in [1.807, 2.05) is 25.1 Å². The van der Waals surface area contributed by atoms with E-state index in [2.05, 4.69) is 17.0 Å². The Hall–Kier alpha value is -3.12. The summed E-state index contributed by atoms with van der Waals surface area (Å²) >= 11 is 0. The number of hydrogen-bond donors (Lipinski definition) is 0. The Morgan fingerprint density at radius 2 is 1.79 bits per heavy atom. The van der Waals surface area contributed by atoms with E-state index in [-0.39, 0.29) is 11.5 Å². The normalized spacial score (nSPS) is 14.9. The summed E-state index contributed by atoms with van der Waals surface area (Å²) in [6.45, 7) is 6.02. The van der Waals surface area contributed by atoms with Crippen molar-refractivity contribution in [1.29, 1.82) is 0 Å². The third-order valence-corrected chi connectivity index (χ3v) is 5.15. The first kappa shape index (κ1) is 19.2. The highest BCUT2D eigenvalue weighted by atomic mass is 16.5. The lowest BCUT2D eigenvalue weighted by molar-refractivity contribution is 0.0624. The smallest absolute Gasteiger partial charge is 0.349 e. The molecule has 1 amide bonds. The summed E-state index contributed by atoms with van der Waals surface area (Å²) in [4.78, 5) is 29.4. The van der Waals surface area contributed by atoms with Gasteiger partial charge < -0.3 is 14.1 Å². The van der Waals surface area contributed by atoms with Gasteiger partial charge in [-0.25, -0.2) is 4.79 Å². The molecule has 1 aliphatic heterocycles. The first-order chi connectivity index (χ1) is 14.1. The van der Waals surface area contributed by atoms with Gasteiger partial charge in [0.1, 0.15) is 16.9 Å². The van der Waals surface area contributed by atoms with Crippen molar-refractivity contribution < 1.29 is 13.9 Å². The highest BCUT2D eigenvalue weighted by Gasteiger charge is 2.25. The third kappa shape index (κ3) is 4.32.